The standard InChI is InChI=1S/C16H23N3O2/c1-10(2)8-16(5)14(20)19(15(21)18-16)9-13-7-6-11(3)17-12(13)4/h6-7,10H,8-9H2,1-5H3,(H,18,21). The second-order valence-electron chi connectivity index (χ2n) is 6.45. The summed E-state index contributed by atoms with van der Waals surface area (Å²) in [4.78, 5) is 30.4. The van der Waals surface area contributed by atoms with Crippen LogP contribution in [0.4, 0.5) is 4.79 Å². The number of carbonyl (C=O) groups excluding carboxylic acids is 2. The van der Waals surface area contributed by atoms with Crippen LogP contribution >= 0.6 is 0 Å². The van der Waals surface area contributed by atoms with Gasteiger partial charge in [0.25, 0.3) is 5.91 Å². The lowest BCUT2D eigenvalue weighted by Gasteiger charge is -2.23. The van der Waals surface area contributed by atoms with Crippen LogP contribution in [0, 0.1) is 19.8 Å². The number of urea groups is 1. The number of hydrogen-bond acceptors (Lipinski definition) is 3. The molecule has 1 unspecified atom stereocenters. The van der Waals surface area contributed by atoms with Gasteiger partial charge in [-0.15, -0.1) is 0 Å². The predicted molar refractivity (Wildman–Crippen MR) is 80.7 cm³/mol. The second kappa shape index (κ2) is 5.47. The smallest absolute Gasteiger partial charge is 0.323 e. The molecule has 1 aromatic rings. The van der Waals surface area contributed by atoms with Gasteiger partial charge in [0.1, 0.15) is 5.54 Å². The van der Waals surface area contributed by atoms with Crippen LogP contribution in [-0.4, -0.2) is 27.4 Å². The minimum atomic E-state index is -0.794. The van der Waals surface area contributed by atoms with E-state index in [0.29, 0.717) is 12.3 Å². The van der Waals surface area contributed by atoms with Crippen LogP contribution in [0.1, 0.15) is 44.1 Å². The normalized spacial score (nSPS) is 22.1. The van der Waals surface area contributed by atoms with Crippen molar-refractivity contribution in [3.63, 3.8) is 0 Å². The minimum absolute atomic E-state index is 0.152. The van der Waals surface area contributed by atoms with Crippen LogP contribution in [0.25, 0.3) is 0 Å². The van der Waals surface area contributed by atoms with Crippen molar-refractivity contribution >= 4 is 11.9 Å². The number of nitrogens with one attached hydrogen (secondary N) is 1. The average Bonchev–Trinajstić information content (AvgIpc) is 2.54. The van der Waals surface area contributed by atoms with Crippen molar-refractivity contribution in [2.45, 2.75) is 53.1 Å². The Balaban J connectivity index is 2.21. The molecule has 0 bridgehead atoms. The van der Waals surface area contributed by atoms with Crippen LogP contribution < -0.4 is 5.32 Å². The fourth-order valence-electron chi connectivity index (χ4n) is 2.90. The summed E-state index contributed by atoms with van der Waals surface area (Å²) in [6, 6.07) is 3.51. The highest BCUT2D eigenvalue weighted by Gasteiger charge is 2.47. The van der Waals surface area contributed by atoms with E-state index in [4.69, 9.17) is 0 Å². The Kier molecular flexibility index (Phi) is 4.03. The third-order valence-electron chi connectivity index (χ3n) is 3.82. The highest BCUT2D eigenvalue weighted by molar-refractivity contribution is 6.06. The Labute approximate surface area is 125 Å². The molecule has 1 aliphatic rings. The number of imide groups is 1. The summed E-state index contributed by atoms with van der Waals surface area (Å²) >= 11 is 0. The molecule has 0 saturated carbocycles. The van der Waals surface area contributed by atoms with E-state index in [1.54, 1.807) is 6.92 Å². The summed E-state index contributed by atoms with van der Waals surface area (Å²) < 4.78 is 0. The molecule has 2 rings (SSSR count). The third-order valence-corrected chi connectivity index (χ3v) is 3.82. The molecule has 0 radical (unpaired) electrons. The lowest BCUT2D eigenvalue weighted by molar-refractivity contribution is -0.131. The predicted octanol–water partition coefficient (Wildman–Crippen LogP) is 2.56. The monoisotopic (exact) mass is 289 g/mol. The number of aromatic nitrogens is 1. The van der Waals surface area contributed by atoms with Crippen LogP contribution in [0.15, 0.2) is 12.1 Å². The zero-order valence-corrected chi connectivity index (χ0v) is 13.4. The largest absolute Gasteiger partial charge is 0.325 e. The number of hydrogen-bond donors (Lipinski definition) is 1. The van der Waals surface area contributed by atoms with Gasteiger partial charge in [-0.05, 0) is 44.7 Å². The first-order valence-corrected chi connectivity index (χ1v) is 7.30. The van der Waals surface area contributed by atoms with Gasteiger partial charge >= 0.3 is 6.03 Å². The molecule has 114 valence electrons. The number of aryl methyl sites for hydroxylation is 2. The maximum Gasteiger partial charge on any atom is 0.325 e. The highest BCUT2D eigenvalue weighted by atomic mass is 16.2. The van der Waals surface area contributed by atoms with E-state index < -0.39 is 5.54 Å². The van der Waals surface area contributed by atoms with Crippen LogP contribution in [0.5, 0.6) is 0 Å². The molecule has 1 N–H and O–H groups in total. The van der Waals surface area contributed by atoms with Crippen molar-refractivity contribution < 1.29 is 9.59 Å². The molecule has 0 aromatic carbocycles. The van der Waals surface area contributed by atoms with E-state index in [-0.39, 0.29) is 18.5 Å². The van der Waals surface area contributed by atoms with Crippen molar-refractivity contribution in [1.82, 2.24) is 15.2 Å². The molecular formula is C16H23N3O2. The fraction of sp³-hybridized carbons (Fsp3) is 0.562. The van der Waals surface area contributed by atoms with E-state index in [1.807, 2.05) is 39.8 Å². The summed E-state index contributed by atoms with van der Waals surface area (Å²) in [5, 5.41) is 2.83. The second-order valence-corrected chi connectivity index (χ2v) is 6.45. The van der Waals surface area contributed by atoms with Gasteiger partial charge in [0.2, 0.25) is 0 Å². The van der Waals surface area contributed by atoms with Crippen LogP contribution in [0.3, 0.4) is 0 Å². The Hall–Kier alpha value is -1.91. The Bertz CT molecular complexity index is 583. The molecule has 2 heterocycles. The molecule has 21 heavy (non-hydrogen) atoms. The molecule has 1 aromatic heterocycles. The molecule has 3 amide bonds. The first kappa shape index (κ1) is 15.5. The zero-order chi connectivity index (χ0) is 15.8. The maximum atomic E-state index is 12.6. The topological polar surface area (TPSA) is 62.3 Å². The molecule has 1 saturated heterocycles. The van der Waals surface area contributed by atoms with E-state index in [9.17, 15) is 9.59 Å². The Morgan fingerprint density at radius 1 is 1.29 bits per heavy atom. The average molecular weight is 289 g/mol. The highest BCUT2D eigenvalue weighted by Crippen LogP contribution is 2.26. The van der Waals surface area contributed by atoms with Crippen molar-refractivity contribution in [2.75, 3.05) is 0 Å². The van der Waals surface area contributed by atoms with Gasteiger partial charge in [0.05, 0.1) is 6.54 Å². The molecule has 1 atom stereocenters. The Morgan fingerprint density at radius 2 is 1.95 bits per heavy atom. The number of rotatable bonds is 4. The van der Waals surface area contributed by atoms with Crippen molar-refractivity contribution in [3.05, 3.63) is 29.1 Å². The summed E-state index contributed by atoms with van der Waals surface area (Å²) in [6.07, 6.45) is 0.638. The van der Waals surface area contributed by atoms with E-state index in [0.717, 1.165) is 17.0 Å². The fourth-order valence-corrected chi connectivity index (χ4v) is 2.90. The number of pyridine rings is 1. The van der Waals surface area contributed by atoms with Gasteiger partial charge in [-0.1, -0.05) is 19.9 Å². The van der Waals surface area contributed by atoms with Crippen LogP contribution in [-0.2, 0) is 11.3 Å². The first-order valence-electron chi connectivity index (χ1n) is 7.30. The third kappa shape index (κ3) is 3.06. The number of carbonyl (C=O) groups is 2. The van der Waals surface area contributed by atoms with Crippen molar-refractivity contribution in [2.24, 2.45) is 5.92 Å². The molecule has 1 fully saturated rings. The molecule has 5 heteroatoms. The van der Waals surface area contributed by atoms with Crippen molar-refractivity contribution in [1.29, 1.82) is 0 Å². The van der Waals surface area contributed by atoms with Gasteiger partial charge in [-0.2, -0.15) is 0 Å². The maximum absolute atomic E-state index is 12.6. The summed E-state index contributed by atoms with van der Waals surface area (Å²) in [5.74, 6) is 0.183. The lowest BCUT2D eigenvalue weighted by Crippen LogP contribution is -2.44. The summed E-state index contributed by atoms with van der Waals surface area (Å²) in [5.41, 5.74) is 1.89. The van der Waals surface area contributed by atoms with Crippen LogP contribution in [0.2, 0.25) is 0 Å². The lowest BCUT2D eigenvalue weighted by atomic mass is 9.91. The first-order chi connectivity index (χ1) is 9.73. The van der Waals surface area contributed by atoms with Gasteiger partial charge in [0.15, 0.2) is 0 Å². The summed E-state index contributed by atoms with van der Waals surface area (Å²) in [7, 11) is 0. The van der Waals surface area contributed by atoms with Gasteiger partial charge in [-0.25, -0.2) is 4.79 Å². The van der Waals surface area contributed by atoms with E-state index in [2.05, 4.69) is 10.3 Å². The summed E-state index contributed by atoms with van der Waals surface area (Å²) in [6.45, 7) is 9.98. The molecular weight excluding hydrogens is 266 g/mol. The minimum Gasteiger partial charge on any atom is -0.323 e. The molecule has 0 aliphatic carbocycles. The van der Waals surface area contributed by atoms with Gasteiger partial charge in [-0.3, -0.25) is 14.7 Å². The molecule has 1 aliphatic heterocycles. The number of amides is 3. The number of nitrogens with zero attached hydrogens (tertiary/aromatic N) is 2. The quantitative estimate of drug-likeness (QED) is 0.866. The van der Waals surface area contributed by atoms with Gasteiger partial charge in [0, 0.05) is 11.4 Å². The molecule has 0 spiro atoms. The van der Waals surface area contributed by atoms with E-state index in [1.165, 1.54) is 4.90 Å². The SMILES string of the molecule is Cc1ccc(CN2C(=O)NC(C)(CC(C)C)C2=O)c(C)n1. The molecule has 5 nitrogen and oxygen atoms in total. The Morgan fingerprint density at radius 3 is 2.52 bits per heavy atom. The zero-order valence-electron chi connectivity index (χ0n) is 13.4. The van der Waals surface area contributed by atoms with E-state index >= 15 is 0 Å². The van der Waals surface area contributed by atoms with Crippen molar-refractivity contribution in [3.8, 4) is 0 Å². The van der Waals surface area contributed by atoms with Gasteiger partial charge < -0.3 is 5.32 Å².